The number of aliphatic hydroxyl groups is 1. The van der Waals surface area contributed by atoms with Crippen LogP contribution in [0.4, 0.5) is 0 Å². The third-order valence-corrected chi connectivity index (χ3v) is 3.94. The van der Waals surface area contributed by atoms with Crippen LogP contribution in [0.3, 0.4) is 0 Å². The number of hydrogen-bond donors (Lipinski definition) is 1. The van der Waals surface area contributed by atoms with Crippen molar-refractivity contribution in [2.24, 2.45) is 0 Å². The molecule has 0 atom stereocenters. The second-order valence-electron chi connectivity index (χ2n) is 5.14. The molecular weight excluding hydrogens is 296 g/mol. The zero-order valence-corrected chi connectivity index (χ0v) is 12.6. The van der Waals surface area contributed by atoms with Gasteiger partial charge in [-0.3, -0.25) is 0 Å². The lowest BCUT2D eigenvalue weighted by molar-refractivity contribution is 0.167. The molecule has 1 aromatic rings. The Kier molecular flexibility index (Phi) is 3.87. The molecule has 18 heavy (non-hydrogen) atoms. The molecule has 1 N–H and O–H groups in total. The highest BCUT2D eigenvalue weighted by Crippen LogP contribution is 2.45. The summed E-state index contributed by atoms with van der Waals surface area (Å²) in [5.74, 6) is 1.62. The first-order valence-electron chi connectivity index (χ1n) is 6.23. The molecule has 100 valence electrons. The fourth-order valence-electron chi connectivity index (χ4n) is 2.26. The molecule has 0 unspecified atom stereocenters. The van der Waals surface area contributed by atoms with Crippen LogP contribution in [0.1, 0.15) is 31.9 Å². The summed E-state index contributed by atoms with van der Waals surface area (Å²) < 4.78 is 12.3. The van der Waals surface area contributed by atoms with Crippen LogP contribution in [-0.4, -0.2) is 24.9 Å². The van der Waals surface area contributed by atoms with Gasteiger partial charge in [0.15, 0.2) is 11.5 Å². The lowest BCUT2D eigenvalue weighted by Crippen LogP contribution is -2.26. The highest BCUT2D eigenvalue weighted by Gasteiger charge is 2.29. The number of aliphatic hydroxyl groups excluding tert-OH is 1. The second kappa shape index (κ2) is 5.10. The van der Waals surface area contributed by atoms with Gasteiger partial charge in [-0.2, -0.15) is 0 Å². The van der Waals surface area contributed by atoms with Gasteiger partial charge in [-0.05, 0) is 34.0 Å². The fourth-order valence-corrected chi connectivity index (χ4v) is 2.79. The normalized spacial score (nSPS) is 14.7. The van der Waals surface area contributed by atoms with E-state index in [4.69, 9.17) is 9.47 Å². The summed E-state index contributed by atoms with van der Waals surface area (Å²) >= 11 is 3.53. The number of ether oxygens (including phenoxy) is 2. The summed E-state index contributed by atoms with van der Waals surface area (Å²) in [6.45, 7) is 7.42. The van der Waals surface area contributed by atoms with Crippen LogP contribution < -0.4 is 9.47 Å². The van der Waals surface area contributed by atoms with E-state index in [1.54, 1.807) is 0 Å². The Balaban J connectivity index is 2.64. The van der Waals surface area contributed by atoms with Gasteiger partial charge >= 0.3 is 0 Å². The van der Waals surface area contributed by atoms with E-state index in [2.05, 4.69) is 22.9 Å². The standard InChI is InChI=1S/C14H19BrO3/c1-4-9-10(14(2,3)8-16)7-11(15)13-12(9)17-5-6-18-13/h7,16H,4-6,8H2,1-3H3. The van der Waals surface area contributed by atoms with Crippen molar-refractivity contribution in [2.45, 2.75) is 32.6 Å². The Hall–Kier alpha value is -0.740. The lowest BCUT2D eigenvalue weighted by atomic mass is 9.81. The zero-order valence-electron chi connectivity index (χ0n) is 11.0. The monoisotopic (exact) mass is 314 g/mol. The first-order chi connectivity index (χ1) is 8.51. The zero-order chi connectivity index (χ0) is 13.3. The Labute approximate surface area is 116 Å². The maximum absolute atomic E-state index is 9.58. The molecule has 2 rings (SSSR count). The summed E-state index contributed by atoms with van der Waals surface area (Å²) in [5, 5.41) is 9.58. The highest BCUT2D eigenvalue weighted by molar-refractivity contribution is 9.10. The van der Waals surface area contributed by atoms with Crippen molar-refractivity contribution in [2.75, 3.05) is 19.8 Å². The molecule has 1 aliphatic heterocycles. The van der Waals surface area contributed by atoms with Crippen molar-refractivity contribution in [3.63, 3.8) is 0 Å². The van der Waals surface area contributed by atoms with Crippen molar-refractivity contribution >= 4 is 15.9 Å². The summed E-state index contributed by atoms with van der Waals surface area (Å²) in [5.41, 5.74) is 1.96. The number of halogens is 1. The molecule has 1 aromatic carbocycles. The van der Waals surface area contributed by atoms with Crippen molar-refractivity contribution in [3.05, 3.63) is 21.7 Å². The second-order valence-corrected chi connectivity index (χ2v) is 5.99. The molecule has 3 nitrogen and oxygen atoms in total. The minimum absolute atomic E-state index is 0.103. The van der Waals surface area contributed by atoms with Gasteiger partial charge < -0.3 is 14.6 Å². The average molecular weight is 315 g/mol. The maximum Gasteiger partial charge on any atom is 0.175 e. The fraction of sp³-hybridized carbons (Fsp3) is 0.571. The summed E-state index contributed by atoms with van der Waals surface area (Å²) in [6.07, 6.45) is 0.859. The molecule has 0 amide bonds. The SMILES string of the molecule is CCc1c(C(C)(C)CO)cc(Br)c2c1OCCO2. The van der Waals surface area contributed by atoms with Crippen LogP contribution >= 0.6 is 15.9 Å². The average Bonchev–Trinajstić information content (AvgIpc) is 2.38. The van der Waals surface area contributed by atoms with E-state index >= 15 is 0 Å². The topological polar surface area (TPSA) is 38.7 Å². The van der Waals surface area contributed by atoms with Crippen molar-refractivity contribution in [3.8, 4) is 11.5 Å². The smallest absolute Gasteiger partial charge is 0.175 e. The number of hydrogen-bond acceptors (Lipinski definition) is 3. The van der Waals surface area contributed by atoms with Gasteiger partial charge in [-0.25, -0.2) is 0 Å². The predicted octanol–water partition coefficient (Wildman–Crippen LogP) is 3.05. The molecule has 1 heterocycles. The van der Waals surface area contributed by atoms with Gasteiger partial charge in [0.2, 0.25) is 0 Å². The van der Waals surface area contributed by atoms with Gasteiger partial charge in [0.05, 0.1) is 11.1 Å². The molecule has 4 heteroatoms. The Morgan fingerprint density at radius 2 is 1.89 bits per heavy atom. The molecule has 0 fully saturated rings. The molecular formula is C14H19BrO3. The van der Waals surface area contributed by atoms with E-state index in [1.165, 1.54) is 0 Å². The number of benzene rings is 1. The van der Waals surface area contributed by atoms with E-state index in [-0.39, 0.29) is 12.0 Å². The van der Waals surface area contributed by atoms with Gasteiger partial charge in [-0.15, -0.1) is 0 Å². The van der Waals surface area contributed by atoms with Crippen LogP contribution in [0.25, 0.3) is 0 Å². The van der Waals surface area contributed by atoms with Gasteiger partial charge in [-0.1, -0.05) is 20.8 Å². The molecule has 0 saturated heterocycles. The van der Waals surface area contributed by atoms with Crippen LogP contribution in [-0.2, 0) is 11.8 Å². The van der Waals surface area contributed by atoms with E-state index < -0.39 is 0 Å². The van der Waals surface area contributed by atoms with E-state index in [1.807, 2.05) is 19.9 Å². The maximum atomic E-state index is 9.58. The van der Waals surface area contributed by atoms with Crippen molar-refractivity contribution < 1.29 is 14.6 Å². The Bertz CT molecular complexity index is 455. The van der Waals surface area contributed by atoms with E-state index in [0.717, 1.165) is 33.5 Å². The van der Waals surface area contributed by atoms with E-state index in [0.29, 0.717) is 13.2 Å². The highest BCUT2D eigenvalue weighted by atomic mass is 79.9. The van der Waals surface area contributed by atoms with Gasteiger partial charge in [0, 0.05) is 11.0 Å². The summed E-state index contributed by atoms with van der Waals surface area (Å²) in [4.78, 5) is 0. The molecule has 0 aliphatic carbocycles. The Morgan fingerprint density at radius 1 is 1.28 bits per heavy atom. The van der Waals surface area contributed by atoms with Crippen LogP contribution in [0.15, 0.2) is 10.5 Å². The van der Waals surface area contributed by atoms with E-state index in [9.17, 15) is 5.11 Å². The first kappa shape index (κ1) is 13.7. The third-order valence-electron chi connectivity index (χ3n) is 3.35. The Morgan fingerprint density at radius 3 is 2.44 bits per heavy atom. The van der Waals surface area contributed by atoms with Gasteiger partial charge in [0.1, 0.15) is 13.2 Å². The summed E-state index contributed by atoms with van der Waals surface area (Å²) in [7, 11) is 0. The molecule has 0 aromatic heterocycles. The minimum Gasteiger partial charge on any atom is -0.486 e. The van der Waals surface area contributed by atoms with Crippen LogP contribution in [0.2, 0.25) is 0 Å². The number of fused-ring (bicyclic) bond motifs is 1. The van der Waals surface area contributed by atoms with Crippen LogP contribution in [0.5, 0.6) is 11.5 Å². The van der Waals surface area contributed by atoms with Crippen LogP contribution in [0, 0.1) is 0 Å². The largest absolute Gasteiger partial charge is 0.486 e. The first-order valence-corrected chi connectivity index (χ1v) is 7.03. The third kappa shape index (κ3) is 2.24. The number of rotatable bonds is 3. The van der Waals surface area contributed by atoms with Crippen molar-refractivity contribution in [1.82, 2.24) is 0 Å². The minimum atomic E-state index is -0.288. The molecule has 0 saturated carbocycles. The molecule has 0 spiro atoms. The summed E-state index contributed by atoms with van der Waals surface area (Å²) in [6, 6.07) is 2.04. The lowest BCUT2D eigenvalue weighted by Gasteiger charge is -2.30. The molecule has 0 radical (unpaired) electrons. The molecule has 1 aliphatic rings. The quantitative estimate of drug-likeness (QED) is 0.932. The molecule has 0 bridgehead atoms. The van der Waals surface area contributed by atoms with Gasteiger partial charge in [0.25, 0.3) is 0 Å². The van der Waals surface area contributed by atoms with Crippen molar-refractivity contribution in [1.29, 1.82) is 0 Å². The predicted molar refractivity (Wildman–Crippen MR) is 74.6 cm³/mol.